The van der Waals surface area contributed by atoms with Crippen molar-refractivity contribution in [2.24, 2.45) is 0 Å². The molecule has 0 spiro atoms. The molecule has 0 bridgehead atoms. The highest BCUT2D eigenvalue weighted by Crippen LogP contribution is 2.28. The van der Waals surface area contributed by atoms with Crippen LogP contribution in [-0.2, 0) is 16.6 Å². The maximum atomic E-state index is 13.1. The number of rotatable bonds is 7. The van der Waals surface area contributed by atoms with E-state index in [2.05, 4.69) is 19.8 Å². The molecule has 176 valence electrons. The Kier molecular flexibility index (Phi) is 6.29. The number of sulfonamides is 1. The zero-order valence-corrected chi connectivity index (χ0v) is 18.1. The predicted octanol–water partition coefficient (Wildman–Crippen LogP) is 5.69. The highest BCUT2D eigenvalue weighted by molar-refractivity contribution is 7.92. The van der Waals surface area contributed by atoms with Gasteiger partial charge in [-0.25, -0.2) is 17.8 Å². The van der Waals surface area contributed by atoms with E-state index in [1.807, 2.05) is 0 Å². The first kappa shape index (κ1) is 23.3. The lowest BCUT2D eigenvalue weighted by atomic mass is 10.2. The van der Waals surface area contributed by atoms with Crippen molar-refractivity contribution in [1.29, 1.82) is 0 Å². The number of nitrogens with zero attached hydrogens (tertiary/aromatic N) is 1. The number of anilines is 2. The number of para-hydroxylation sites is 1. The van der Waals surface area contributed by atoms with Crippen LogP contribution in [0, 0.1) is 5.82 Å². The fraction of sp³-hybridized carbons (Fsp3) is 0.0870. The minimum Gasteiger partial charge on any atom is -0.405 e. The number of nitrogens with one attached hydrogen (secondary N) is 2. The molecule has 0 unspecified atom stereocenters. The summed E-state index contributed by atoms with van der Waals surface area (Å²) in [5, 5.41) is 3.45. The van der Waals surface area contributed by atoms with Gasteiger partial charge in [-0.2, -0.15) is 0 Å². The summed E-state index contributed by atoms with van der Waals surface area (Å²) in [5.41, 5.74) is 0.997. The number of halogens is 4. The third-order valence-electron chi connectivity index (χ3n) is 4.76. The number of pyridine rings is 1. The van der Waals surface area contributed by atoms with Gasteiger partial charge in [0.2, 0.25) is 0 Å². The molecule has 0 radical (unpaired) electrons. The van der Waals surface area contributed by atoms with Crippen LogP contribution >= 0.6 is 0 Å². The van der Waals surface area contributed by atoms with Crippen LogP contribution in [0.4, 0.5) is 29.1 Å². The summed E-state index contributed by atoms with van der Waals surface area (Å²) >= 11 is 0. The number of aromatic nitrogens is 1. The average molecular weight is 491 g/mol. The van der Waals surface area contributed by atoms with Gasteiger partial charge in [0.25, 0.3) is 10.0 Å². The summed E-state index contributed by atoms with van der Waals surface area (Å²) in [6, 6.07) is 18.2. The van der Waals surface area contributed by atoms with E-state index in [4.69, 9.17) is 0 Å². The van der Waals surface area contributed by atoms with Crippen LogP contribution in [0.3, 0.4) is 0 Å². The van der Waals surface area contributed by atoms with Crippen LogP contribution in [0.1, 0.15) is 5.56 Å². The fourth-order valence-corrected chi connectivity index (χ4v) is 4.30. The standard InChI is InChI=1S/C23H17F4N3O3S/c24-16-8-10-17(11-9-16)34(31,32)30-20-6-3-5-19-18(20)12-13-22(29-19)28-14-15-4-1-2-7-21(15)33-23(25,26)27/h1-13,30H,14H2,(H,28,29). The Labute approximate surface area is 192 Å². The molecule has 34 heavy (non-hydrogen) atoms. The van der Waals surface area contributed by atoms with E-state index < -0.39 is 22.2 Å². The molecular weight excluding hydrogens is 474 g/mol. The van der Waals surface area contributed by atoms with Crippen LogP contribution in [0.25, 0.3) is 10.9 Å². The molecule has 2 N–H and O–H groups in total. The summed E-state index contributed by atoms with van der Waals surface area (Å²) in [7, 11) is -3.96. The second-order valence-electron chi connectivity index (χ2n) is 7.14. The SMILES string of the molecule is O=S(=O)(Nc1cccc2nc(NCc3ccccc3OC(F)(F)F)ccc12)c1ccc(F)cc1. The van der Waals surface area contributed by atoms with Gasteiger partial charge >= 0.3 is 6.36 Å². The second kappa shape index (κ2) is 9.18. The largest absolute Gasteiger partial charge is 0.573 e. The average Bonchev–Trinajstić information content (AvgIpc) is 2.77. The van der Waals surface area contributed by atoms with E-state index in [9.17, 15) is 26.0 Å². The molecule has 1 heterocycles. The first-order valence-electron chi connectivity index (χ1n) is 9.86. The minimum atomic E-state index is -4.81. The summed E-state index contributed by atoms with van der Waals surface area (Å²) in [6.45, 7) is 0.0155. The quantitative estimate of drug-likeness (QED) is 0.325. The van der Waals surface area contributed by atoms with Crippen LogP contribution < -0.4 is 14.8 Å². The first-order chi connectivity index (χ1) is 16.1. The van der Waals surface area contributed by atoms with Crippen molar-refractivity contribution in [3.8, 4) is 5.75 Å². The molecular formula is C23H17F4N3O3S. The fourth-order valence-electron chi connectivity index (χ4n) is 3.22. The maximum Gasteiger partial charge on any atom is 0.573 e. The summed E-state index contributed by atoms with van der Waals surface area (Å²) in [5.74, 6) is -0.505. The second-order valence-corrected chi connectivity index (χ2v) is 8.82. The molecule has 4 aromatic rings. The topological polar surface area (TPSA) is 80.3 Å². The molecule has 11 heteroatoms. The highest BCUT2D eigenvalue weighted by Gasteiger charge is 2.31. The lowest BCUT2D eigenvalue weighted by molar-refractivity contribution is -0.274. The van der Waals surface area contributed by atoms with Crippen molar-refractivity contribution in [2.45, 2.75) is 17.8 Å². The van der Waals surface area contributed by atoms with Gasteiger partial charge in [0, 0.05) is 17.5 Å². The van der Waals surface area contributed by atoms with Crippen LogP contribution in [0.2, 0.25) is 0 Å². The van der Waals surface area contributed by atoms with E-state index in [1.54, 1.807) is 36.4 Å². The molecule has 0 atom stereocenters. The molecule has 0 saturated carbocycles. The van der Waals surface area contributed by atoms with E-state index in [0.717, 1.165) is 24.3 Å². The summed E-state index contributed by atoms with van der Waals surface area (Å²) < 4.78 is 82.8. The third kappa shape index (κ3) is 5.54. The molecule has 0 saturated heterocycles. The lowest BCUT2D eigenvalue weighted by Gasteiger charge is -2.14. The van der Waals surface area contributed by atoms with Gasteiger partial charge in [-0.05, 0) is 54.6 Å². The Bertz CT molecular complexity index is 1430. The van der Waals surface area contributed by atoms with Crippen molar-refractivity contribution >= 4 is 32.4 Å². The van der Waals surface area contributed by atoms with Crippen molar-refractivity contribution in [3.05, 3.63) is 90.2 Å². The van der Waals surface area contributed by atoms with Gasteiger partial charge in [-0.1, -0.05) is 24.3 Å². The van der Waals surface area contributed by atoms with Crippen LogP contribution in [-0.4, -0.2) is 19.8 Å². The van der Waals surface area contributed by atoms with Crippen molar-refractivity contribution < 1.29 is 30.7 Å². The van der Waals surface area contributed by atoms with E-state index in [-0.39, 0.29) is 28.4 Å². The number of benzene rings is 3. The Morgan fingerprint density at radius 3 is 2.35 bits per heavy atom. The number of ether oxygens (including phenoxy) is 1. The smallest absolute Gasteiger partial charge is 0.405 e. The maximum absolute atomic E-state index is 13.1. The van der Waals surface area contributed by atoms with E-state index >= 15 is 0 Å². The molecule has 0 fully saturated rings. The molecule has 0 aliphatic carbocycles. The molecule has 0 amide bonds. The van der Waals surface area contributed by atoms with Crippen LogP contribution in [0.15, 0.2) is 83.8 Å². The zero-order chi connectivity index (χ0) is 24.3. The first-order valence-corrected chi connectivity index (χ1v) is 11.3. The summed E-state index contributed by atoms with van der Waals surface area (Å²) in [6.07, 6.45) is -4.81. The normalized spacial score (nSPS) is 11.9. The van der Waals surface area contributed by atoms with Gasteiger partial charge < -0.3 is 10.1 Å². The van der Waals surface area contributed by atoms with Gasteiger partial charge in [-0.15, -0.1) is 13.2 Å². The molecule has 0 aliphatic heterocycles. The number of fused-ring (bicyclic) bond motifs is 1. The molecule has 6 nitrogen and oxygen atoms in total. The molecule has 4 rings (SSSR count). The Morgan fingerprint density at radius 1 is 0.882 bits per heavy atom. The predicted molar refractivity (Wildman–Crippen MR) is 119 cm³/mol. The molecule has 0 aliphatic rings. The minimum absolute atomic E-state index is 0.0155. The molecule has 3 aromatic carbocycles. The van der Waals surface area contributed by atoms with Crippen LogP contribution in [0.5, 0.6) is 5.75 Å². The third-order valence-corrected chi connectivity index (χ3v) is 6.14. The number of hydrogen-bond donors (Lipinski definition) is 2. The zero-order valence-electron chi connectivity index (χ0n) is 17.3. The Hall–Kier alpha value is -3.86. The van der Waals surface area contributed by atoms with Gasteiger partial charge in [0.15, 0.2) is 0 Å². The van der Waals surface area contributed by atoms with Gasteiger partial charge in [0.1, 0.15) is 17.4 Å². The Morgan fingerprint density at radius 2 is 1.62 bits per heavy atom. The summed E-state index contributed by atoms with van der Waals surface area (Å²) in [4.78, 5) is 4.31. The number of hydrogen-bond acceptors (Lipinski definition) is 5. The Balaban J connectivity index is 1.55. The van der Waals surface area contributed by atoms with Crippen molar-refractivity contribution in [2.75, 3.05) is 10.0 Å². The van der Waals surface area contributed by atoms with E-state index in [1.165, 1.54) is 18.2 Å². The van der Waals surface area contributed by atoms with Gasteiger partial charge in [-0.3, -0.25) is 4.72 Å². The van der Waals surface area contributed by atoms with Crippen molar-refractivity contribution in [3.63, 3.8) is 0 Å². The monoisotopic (exact) mass is 491 g/mol. The van der Waals surface area contributed by atoms with Gasteiger partial charge in [0.05, 0.1) is 16.1 Å². The highest BCUT2D eigenvalue weighted by atomic mass is 32.2. The van der Waals surface area contributed by atoms with Crippen molar-refractivity contribution in [1.82, 2.24) is 4.98 Å². The lowest BCUT2D eigenvalue weighted by Crippen LogP contribution is -2.18. The van der Waals surface area contributed by atoms with E-state index in [0.29, 0.717) is 16.7 Å². The molecule has 1 aromatic heterocycles. The number of alkyl halides is 3.